The lowest BCUT2D eigenvalue weighted by atomic mass is 9.98. The van der Waals surface area contributed by atoms with E-state index in [0.29, 0.717) is 0 Å². The maximum absolute atomic E-state index is 12.8. The highest BCUT2D eigenvalue weighted by molar-refractivity contribution is 5.82. The van der Waals surface area contributed by atoms with Gasteiger partial charge in [-0.25, -0.2) is 0 Å². The first kappa shape index (κ1) is 14.7. The molecule has 1 aliphatic carbocycles. The molecule has 0 unspecified atom stereocenters. The predicted molar refractivity (Wildman–Crippen MR) is 101 cm³/mol. The second-order valence-electron chi connectivity index (χ2n) is 6.18. The fraction of sp³-hybridized carbons (Fsp3) is 0.136. The number of hydrogen-bond acceptors (Lipinski definition) is 1. The van der Waals surface area contributed by atoms with Crippen molar-refractivity contribution in [3.63, 3.8) is 0 Å². The van der Waals surface area contributed by atoms with Crippen molar-refractivity contribution >= 4 is 23.1 Å². The van der Waals surface area contributed by atoms with Gasteiger partial charge in [-0.1, -0.05) is 55.1 Å². The molecule has 0 spiro atoms. The van der Waals surface area contributed by atoms with Gasteiger partial charge in [0.2, 0.25) is 0 Å². The van der Waals surface area contributed by atoms with Crippen LogP contribution in [0.5, 0.6) is 0 Å². The normalized spacial score (nSPS) is 13.0. The average molecular weight is 313 g/mol. The van der Waals surface area contributed by atoms with Crippen LogP contribution in [0.15, 0.2) is 66.0 Å². The summed E-state index contributed by atoms with van der Waals surface area (Å²) >= 11 is 0. The predicted octanol–water partition coefficient (Wildman–Crippen LogP) is 4.65. The van der Waals surface area contributed by atoms with Gasteiger partial charge in [-0.15, -0.1) is 0 Å². The van der Waals surface area contributed by atoms with Crippen molar-refractivity contribution < 1.29 is 0 Å². The molecular weight excluding hydrogens is 294 g/mol. The smallest absolute Gasteiger partial charge is 0.196 e. The third-order valence-corrected chi connectivity index (χ3v) is 4.68. The van der Waals surface area contributed by atoms with Crippen molar-refractivity contribution in [2.45, 2.75) is 19.4 Å². The zero-order valence-electron chi connectivity index (χ0n) is 13.5. The van der Waals surface area contributed by atoms with Gasteiger partial charge in [0.1, 0.15) is 0 Å². The molecule has 1 aromatic heterocycles. The number of benzene rings is 2. The zero-order chi connectivity index (χ0) is 16.5. The second-order valence-corrected chi connectivity index (χ2v) is 6.18. The summed E-state index contributed by atoms with van der Waals surface area (Å²) in [5.74, 6) is 0. The van der Waals surface area contributed by atoms with Crippen LogP contribution in [0.4, 0.5) is 0 Å². The summed E-state index contributed by atoms with van der Waals surface area (Å²) in [7, 11) is 0. The first-order valence-electron chi connectivity index (χ1n) is 8.30. The van der Waals surface area contributed by atoms with E-state index in [9.17, 15) is 4.79 Å². The molecule has 0 amide bonds. The fourth-order valence-electron chi connectivity index (χ4n) is 3.51. The van der Waals surface area contributed by atoms with Gasteiger partial charge in [-0.05, 0) is 42.2 Å². The molecule has 0 atom stereocenters. The molecule has 2 nitrogen and oxygen atoms in total. The first-order valence-corrected chi connectivity index (χ1v) is 8.30. The van der Waals surface area contributed by atoms with E-state index in [1.54, 1.807) is 0 Å². The number of nitrogens with zero attached hydrogens (tertiary/aromatic N) is 1. The van der Waals surface area contributed by atoms with Gasteiger partial charge >= 0.3 is 0 Å². The Balaban J connectivity index is 1.97. The van der Waals surface area contributed by atoms with E-state index in [1.807, 2.05) is 36.4 Å². The van der Waals surface area contributed by atoms with E-state index in [0.717, 1.165) is 47.1 Å². The van der Waals surface area contributed by atoms with Crippen molar-refractivity contribution in [1.29, 1.82) is 0 Å². The minimum absolute atomic E-state index is 0.146. The minimum Gasteiger partial charge on any atom is -0.339 e. The number of fused-ring (bicyclic) bond motifs is 2. The highest BCUT2D eigenvalue weighted by Gasteiger charge is 2.16. The van der Waals surface area contributed by atoms with Crippen LogP contribution in [-0.4, -0.2) is 4.57 Å². The van der Waals surface area contributed by atoms with Crippen molar-refractivity contribution in [3.05, 3.63) is 93.8 Å². The molecule has 0 N–H and O–H groups in total. The lowest BCUT2D eigenvalue weighted by molar-refractivity contribution is 0.740. The molecule has 0 radical (unpaired) electrons. The number of para-hydroxylation sites is 1. The molecule has 3 aromatic rings. The van der Waals surface area contributed by atoms with Gasteiger partial charge in [0.15, 0.2) is 5.43 Å². The summed E-state index contributed by atoms with van der Waals surface area (Å²) in [4.78, 5) is 12.8. The summed E-state index contributed by atoms with van der Waals surface area (Å²) < 4.78 is 2.30. The molecule has 0 saturated heterocycles. The summed E-state index contributed by atoms with van der Waals surface area (Å²) in [6, 6.07) is 16.3. The SMILES string of the molecule is C=Cc1cccc(Cn2c3c(c(=O)c4ccccc42)C=CCC3)c1. The number of hydrogen-bond donors (Lipinski definition) is 0. The monoisotopic (exact) mass is 313 g/mol. The van der Waals surface area contributed by atoms with Crippen LogP contribution < -0.4 is 5.43 Å². The van der Waals surface area contributed by atoms with Gasteiger partial charge in [-0.2, -0.15) is 0 Å². The number of rotatable bonds is 3. The Kier molecular flexibility index (Phi) is 3.66. The van der Waals surface area contributed by atoms with Crippen LogP contribution in [0, 0.1) is 0 Å². The van der Waals surface area contributed by atoms with E-state index in [2.05, 4.69) is 41.5 Å². The zero-order valence-corrected chi connectivity index (χ0v) is 13.5. The number of pyridine rings is 1. The highest BCUT2D eigenvalue weighted by atomic mass is 16.1. The van der Waals surface area contributed by atoms with Crippen LogP contribution in [-0.2, 0) is 13.0 Å². The van der Waals surface area contributed by atoms with Gasteiger partial charge in [-0.3, -0.25) is 4.79 Å². The largest absolute Gasteiger partial charge is 0.339 e. The lowest BCUT2D eigenvalue weighted by Crippen LogP contribution is -2.20. The maximum Gasteiger partial charge on any atom is 0.196 e. The third-order valence-electron chi connectivity index (χ3n) is 4.68. The molecule has 24 heavy (non-hydrogen) atoms. The number of aromatic nitrogens is 1. The summed E-state index contributed by atoms with van der Waals surface area (Å²) in [5, 5.41) is 0.794. The molecule has 0 bridgehead atoms. The van der Waals surface area contributed by atoms with Crippen molar-refractivity contribution in [1.82, 2.24) is 4.57 Å². The van der Waals surface area contributed by atoms with Gasteiger partial charge in [0.05, 0.1) is 5.52 Å². The standard InChI is InChI=1S/C22H19NO/c1-2-16-8-7-9-17(14-16)15-23-20-12-5-3-10-18(20)22(24)19-11-4-6-13-21(19)23/h2-5,7-12,14H,1,6,13,15H2. The lowest BCUT2D eigenvalue weighted by Gasteiger charge is -2.21. The number of allylic oxidation sites excluding steroid dienone is 1. The Labute approximate surface area is 141 Å². The Bertz CT molecular complexity index is 1020. The molecule has 1 aliphatic rings. The quantitative estimate of drug-likeness (QED) is 0.690. The van der Waals surface area contributed by atoms with Crippen LogP contribution in [0.25, 0.3) is 23.1 Å². The van der Waals surface area contributed by atoms with Crippen LogP contribution in [0.2, 0.25) is 0 Å². The minimum atomic E-state index is 0.146. The van der Waals surface area contributed by atoms with E-state index in [1.165, 1.54) is 5.56 Å². The van der Waals surface area contributed by atoms with Gasteiger partial charge < -0.3 is 4.57 Å². The highest BCUT2D eigenvalue weighted by Crippen LogP contribution is 2.23. The maximum atomic E-state index is 12.8. The molecule has 0 aliphatic heterocycles. The van der Waals surface area contributed by atoms with E-state index < -0.39 is 0 Å². The topological polar surface area (TPSA) is 22.0 Å². The van der Waals surface area contributed by atoms with Crippen LogP contribution in [0.3, 0.4) is 0 Å². The third kappa shape index (κ3) is 2.41. The molecule has 0 saturated carbocycles. The molecule has 2 heteroatoms. The molecule has 0 fully saturated rings. The van der Waals surface area contributed by atoms with E-state index >= 15 is 0 Å². The fourth-order valence-corrected chi connectivity index (χ4v) is 3.51. The van der Waals surface area contributed by atoms with Gasteiger partial charge in [0, 0.05) is 23.2 Å². The second kappa shape index (κ2) is 5.97. The van der Waals surface area contributed by atoms with Gasteiger partial charge in [0.25, 0.3) is 0 Å². The molecule has 4 rings (SSSR count). The van der Waals surface area contributed by atoms with E-state index in [4.69, 9.17) is 0 Å². The molecule has 2 aromatic carbocycles. The summed E-state index contributed by atoms with van der Waals surface area (Å²) in [5.41, 5.74) is 5.49. The Hall–Kier alpha value is -2.87. The first-order chi connectivity index (χ1) is 11.8. The Morgan fingerprint density at radius 1 is 1.12 bits per heavy atom. The van der Waals surface area contributed by atoms with Crippen LogP contribution >= 0.6 is 0 Å². The molecule has 1 heterocycles. The Morgan fingerprint density at radius 3 is 2.88 bits per heavy atom. The van der Waals surface area contributed by atoms with Crippen molar-refractivity contribution in [2.24, 2.45) is 0 Å². The molecule has 118 valence electrons. The Morgan fingerprint density at radius 2 is 2.00 bits per heavy atom. The summed E-state index contributed by atoms with van der Waals surface area (Å²) in [6.07, 6.45) is 7.85. The van der Waals surface area contributed by atoms with Crippen molar-refractivity contribution in [3.8, 4) is 0 Å². The molecular formula is C22H19NO. The van der Waals surface area contributed by atoms with Crippen LogP contribution in [0.1, 0.15) is 28.8 Å². The summed E-state index contributed by atoms with van der Waals surface area (Å²) in [6.45, 7) is 4.62. The average Bonchev–Trinajstić information content (AvgIpc) is 2.65. The van der Waals surface area contributed by atoms with E-state index in [-0.39, 0.29) is 5.43 Å². The van der Waals surface area contributed by atoms with Crippen molar-refractivity contribution in [2.75, 3.05) is 0 Å².